The summed E-state index contributed by atoms with van der Waals surface area (Å²) >= 11 is 0. The molecule has 0 amide bonds. The second kappa shape index (κ2) is 7.16. The first-order valence-electron chi connectivity index (χ1n) is 10.4. The molecule has 28 heavy (non-hydrogen) atoms. The maximum Gasteiger partial charge on any atom is 0.292 e. The Kier molecular flexibility index (Phi) is 4.36. The quantitative estimate of drug-likeness (QED) is 0.289. The maximum absolute atomic E-state index is 3.58. The largest absolute Gasteiger partial charge is 0.385 e. The van der Waals surface area contributed by atoms with Crippen LogP contribution in [0.25, 0.3) is 33.0 Å². The first kappa shape index (κ1) is 17.1. The Morgan fingerprint density at radius 2 is 1.75 bits per heavy atom. The lowest BCUT2D eigenvalue weighted by atomic mass is 10.1. The van der Waals surface area contributed by atoms with E-state index in [1.54, 1.807) is 0 Å². The van der Waals surface area contributed by atoms with Gasteiger partial charge in [-0.05, 0) is 48.9 Å². The summed E-state index contributed by atoms with van der Waals surface area (Å²) < 4.78 is 4.65. The Morgan fingerprint density at radius 3 is 2.68 bits per heavy atom. The van der Waals surface area contributed by atoms with Crippen LogP contribution in [-0.2, 0) is 0 Å². The van der Waals surface area contributed by atoms with Gasteiger partial charge < -0.3 is 5.32 Å². The van der Waals surface area contributed by atoms with E-state index in [2.05, 4.69) is 94.0 Å². The molecule has 0 unspecified atom stereocenters. The van der Waals surface area contributed by atoms with E-state index < -0.39 is 0 Å². The minimum absolute atomic E-state index is 1.04. The first-order valence-corrected chi connectivity index (χ1v) is 10.4. The normalized spacial score (nSPS) is 11.8. The van der Waals surface area contributed by atoms with E-state index in [0.29, 0.717) is 0 Å². The molecule has 3 aromatic heterocycles. The third-order valence-electron chi connectivity index (χ3n) is 5.67. The smallest absolute Gasteiger partial charge is 0.292 e. The average molecular weight is 369 g/mol. The SMILES string of the molecule is CCCCCCNc1ccc2c(ccc3c[n+]4c5ccccc5ccc4n32)c1. The maximum atomic E-state index is 3.58. The molecule has 0 atom stereocenters. The summed E-state index contributed by atoms with van der Waals surface area (Å²) in [6, 6.07) is 24.1. The van der Waals surface area contributed by atoms with Gasteiger partial charge in [0.1, 0.15) is 17.2 Å². The lowest BCUT2D eigenvalue weighted by molar-refractivity contribution is -0.479. The van der Waals surface area contributed by atoms with Crippen LogP contribution in [-0.4, -0.2) is 10.9 Å². The van der Waals surface area contributed by atoms with E-state index in [1.807, 2.05) is 0 Å². The Balaban J connectivity index is 1.58. The summed E-state index contributed by atoms with van der Waals surface area (Å²) in [7, 11) is 0. The van der Waals surface area contributed by atoms with Crippen LogP contribution in [0.3, 0.4) is 0 Å². The van der Waals surface area contributed by atoms with Crippen LogP contribution in [0.15, 0.2) is 72.9 Å². The van der Waals surface area contributed by atoms with Crippen LogP contribution in [0.4, 0.5) is 5.69 Å². The fraction of sp³-hybridized carbons (Fsp3) is 0.240. The zero-order valence-electron chi connectivity index (χ0n) is 16.4. The molecule has 2 aromatic carbocycles. The predicted molar refractivity (Wildman–Crippen MR) is 118 cm³/mol. The van der Waals surface area contributed by atoms with E-state index >= 15 is 0 Å². The van der Waals surface area contributed by atoms with Crippen LogP contribution in [0.1, 0.15) is 32.6 Å². The van der Waals surface area contributed by atoms with Gasteiger partial charge in [-0.15, -0.1) is 0 Å². The number of fused-ring (bicyclic) bond motifs is 7. The third kappa shape index (κ3) is 2.88. The van der Waals surface area contributed by atoms with Gasteiger partial charge in [0, 0.05) is 29.1 Å². The number of benzene rings is 2. The fourth-order valence-electron chi connectivity index (χ4n) is 4.20. The van der Waals surface area contributed by atoms with Crippen LogP contribution < -0.4 is 9.72 Å². The fourth-order valence-corrected chi connectivity index (χ4v) is 4.20. The molecule has 0 aliphatic rings. The molecule has 0 aliphatic heterocycles. The topological polar surface area (TPSA) is 20.5 Å². The summed E-state index contributed by atoms with van der Waals surface area (Å²) in [4.78, 5) is 0. The van der Waals surface area contributed by atoms with Crippen molar-refractivity contribution in [3.8, 4) is 0 Å². The second-order valence-electron chi connectivity index (χ2n) is 7.60. The molecule has 5 aromatic rings. The molecule has 5 rings (SSSR count). The van der Waals surface area contributed by atoms with Crippen molar-refractivity contribution in [1.82, 2.24) is 4.40 Å². The number of imidazole rings is 1. The van der Waals surface area contributed by atoms with Crippen molar-refractivity contribution in [2.45, 2.75) is 32.6 Å². The van der Waals surface area contributed by atoms with Crippen molar-refractivity contribution in [1.29, 1.82) is 0 Å². The third-order valence-corrected chi connectivity index (χ3v) is 5.67. The molecule has 0 radical (unpaired) electrons. The minimum Gasteiger partial charge on any atom is -0.385 e. The minimum atomic E-state index is 1.04. The van der Waals surface area contributed by atoms with E-state index in [0.717, 1.165) is 6.54 Å². The number of para-hydroxylation sites is 1. The highest BCUT2D eigenvalue weighted by Crippen LogP contribution is 2.24. The molecule has 140 valence electrons. The highest BCUT2D eigenvalue weighted by atomic mass is 15.1. The number of aromatic nitrogens is 2. The molecule has 3 heterocycles. The van der Waals surface area contributed by atoms with Crippen molar-refractivity contribution in [2.75, 3.05) is 11.9 Å². The Hall–Kier alpha value is -3.07. The standard InChI is InChI=1S/C25H26N3/c1-2-3-4-7-16-26-21-12-14-24-20(17-21)10-13-22-18-27-23-9-6-5-8-19(23)11-15-25(27)28(22)24/h5-6,8-15,17-18,26H,2-4,7,16H2,1H3/q+1. The predicted octanol–water partition coefficient (Wildman–Crippen LogP) is 5.98. The molecule has 0 bridgehead atoms. The highest BCUT2D eigenvalue weighted by Gasteiger charge is 2.16. The molecular weight excluding hydrogens is 342 g/mol. The molecule has 0 spiro atoms. The molecule has 0 saturated carbocycles. The zero-order chi connectivity index (χ0) is 18.9. The van der Waals surface area contributed by atoms with E-state index in [1.165, 1.54) is 64.3 Å². The van der Waals surface area contributed by atoms with Crippen molar-refractivity contribution in [3.05, 3.63) is 72.9 Å². The molecule has 1 N–H and O–H groups in total. The number of hydrogen-bond donors (Lipinski definition) is 1. The van der Waals surface area contributed by atoms with Crippen molar-refractivity contribution < 1.29 is 4.40 Å². The number of anilines is 1. The zero-order valence-corrected chi connectivity index (χ0v) is 16.4. The Labute approximate surface area is 165 Å². The summed E-state index contributed by atoms with van der Waals surface area (Å²) in [5.41, 5.74) is 6.09. The van der Waals surface area contributed by atoms with E-state index in [9.17, 15) is 0 Å². The van der Waals surface area contributed by atoms with Crippen LogP contribution in [0, 0.1) is 0 Å². The molecule has 3 heteroatoms. The van der Waals surface area contributed by atoms with E-state index in [4.69, 9.17) is 0 Å². The van der Waals surface area contributed by atoms with Crippen molar-refractivity contribution in [2.24, 2.45) is 0 Å². The van der Waals surface area contributed by atoms with Gasteiger partial charge in [0.25, 0.3) is 5.65 Å². The van der Waals surface area contributed by atoms with Gasteiger partial charge in [0.05, 0.1) is 0 Å². The van der Waals surface area contributed by atoms with Gasteiger partial charge >= 0.3 is 0 Å². The van der Waals surface area contributed by atoms with Crippen LogP contribution in [0.5, 0.6) is 0 Å². The highest BCUT2D eigenvalue weighted by molar-refractivity contribution is 5.88. The van der Waals surface area contributed by atoms with Gasteiger partial charge in [0.2, 0.25) is 0 Å². The average Bonchev–Trinajstić information content (AvgIpc) is 3.13. The summed E-state index contributed by atoms with van der Waals surface area (Å²) in [5, 5.41) is 6.10. The summed E-state index contributed by atoms with van der Waals surface area (Å²) in [5.74, 6) is 0. The molecule has 0 fully saturated rings. The molecular formula is C25H26N3+. The van der Waals surface area contributed by atoms with Crippen LogP contribution >= 0.6 is 0 Å². The van der Waals surface area contributed by atoms with E-state index in [-0.39, 0.29) is 0 Å². The molecule has 0 saturated heterocycles. The number of hydrogen-bond acceptors (Lipinski definition) is 1. The lowest BCUT2D eigenvalue weighted by Crippen LogP contribution is -2.19. The lowest BCUT2D eigenvalue weighted by Gasteiger charge is -2.07. The molecule has 0 aliphatic carbocycles. The number of rotatable bonds is 6. The number of pyridine rings is 2. The van der Waals surface area contributed by atoms with Crippen LogP contribution in [0.2, 0.25) is 0 Å². The van der Waals surface area contributed by atoms with Gasteiger partial charge in [-0.2, -0.15) is 8.80 Å². The van der Waals surface area contributed by atoms with Crippen molar-refractivity contribution in [3.63, 3.8) is 0 Å². The Morgan fingerprint density at radius 1 is 0.857 bits per heavy atom. The number of nitrogens with zero attached hydrogens (tertiary/aromatic N) is 2. The van der Waals surface area contributed by atoms with Gasteiger partial charge in [-0.25, -0.2) is 0 Å². The van der Waals surface area contributed by atoms with Gasteiger partial charge in [0.15, 0.2) is 5.52 Å². The van der Waals surface area contributed by atoms with Gasteiger partial charge in [-0.1, -0.05) is 44.4 Å². The summed E-state index contributed by atoms with van der Waals surface area (Å²) in [6.07, 6.45) is 7.38. The monoisotopic (exact) mass is 368 g/mol. The number of nitrogens with one attached hydrogen (secondary N) is 1. The number of unbranched alkanes of at least 4 members (excludes halogenated alkanes) is 3. The summed E-state index contributed by atoms with van der Waals surface area (Å²) in [6.45, 7) is 3.30. The first-order chi connectivity index (χ1) is 13.8. The van der Waals surface area contributed by atoms with Gasteiger partial charge in [-0.3, -0.25) is 0 Å². The Bertz CT molecular complexity index is 1280. The second-order valence-corrected chi connectivity index (χ2v) is 7.60. The van der Waals surface area contributed by atoms with Crippen molar-refractivity contribution >= 4 is 38.7 Å². The molecule has 3 nitrogen and oxygen atoms in total.